The number of urea groups is 1. The third-order valence-corrected chi connectivity index (χ3v) is 5.11. The second-order valence-corrected chi connectivity index (χ2v) is 7.22. The number of rotatable bonds is 4. The third kappa shape index (κ3) is 3.74. The fraction of sp³-hybridized carbons (Fsp3) is 0.211. The molecule has 9 nitrogen and oxygen atoms in total. The van der Waals surface area contributed by atoms with Gasteiger partial charge < -0.3 is 10.6 Å². The van der Waals surface area contributed by atoms with E-state index in [1.165, 1.54) is 31.2 Å². The van der Waals surface area contributed by atoms with E-state index in [9.17, 15) is 19.7 Å². The molecule has 0 spiro atoms. The van der Waals surface area contributed by atoms with Gasteiger partial charge in [-0.05, 0) is 67.9 Å². The Hall–Kier alpha value is -3.53. The first-order chi connectivity index (χ1) is 13.6. The van der Waals surface area contributed by atoms with Gasteiger partial charge in [-0.1, -0.05) is 12.1 Å². The number of anilines is 1. The molecule has 150 valence electrons. The molecule has 0 bridgehead atoms. The lowest BCUT2D eigenvalue weighted by Gasteiger charge is -2.22. The van der Waals surface area contributed by atoms with Crippen molar-refractivity contribution in [2.75, 3.05) is 5.32 Å². The van der Waals surface area contributed by atoms with E-state index < -0.39 is 22.4 Å². The van der Waals surface area contributed by atoms with E-state index in [0.29, 0.717) is 5.56 Å². The van der Waals surface area contributed by atoms with Crippen LogP contribution < -0.4 is 16.1 Å². The van der Waals surface area contributed by atoms with E-state index in [2.05, 4.69) is 16.1 Å². The number of amides is 3. The number of hydrogen-bond donors (Lipinski definition) is 3. The summed E-state index contributed by atoms with van der Waals surface area (Å²) < 4.78 is 0. The molecule has 1 fully saturated rings. The maximum absolute atomic E-state index is 12.9. The van der Waals surface area contributed by atoms with Gasteiger partial charge in [-0.15, -0.1) is 0 Å². The van der Waals surface area contributed by atoms with Gasteiger partial charge in [0.2, 0.25) is 0 Å². The fourth-order valence-corrected chi connectivity index (χ4v) is 3.19. The van der Waals surface area contributed by atoms with Gasteiger partial charge in [0, 0.05) is 17.8 Å². The molecule has 3 N–H and O–H groups in total. The lowest BCUT2D eigenvalue weighted by Crippen LogP contribution is -2.49. The Morgan fingerprint density at radius 2 is 1.83 bits per heavy atom. The summed E-state index contributed by atoms with van der Waals surface area (Å²) in [5.74, 6) is -0.582. The first-order valence-electron chi connectivity index (χ1n) is 8.69. The van der Waals surface area contributed by atoms with Crippen LogP contribution in [0.1, 0.15) is 23.6 Å². The molecule has 2 aromatic carbocycles. The average Bonchev–Trinajstić information content (AvgIpc) is 2.89. The first kappa shape index (κ1) is 20.2. The molecule has 0 saturated carbocycles. The molecule has 0 unspecified atom stereocenters. The van der Waals surface area contributed by atoms with Crippen molar-refractivity contribution in [3.8, 4) is 0 Å². The molecule has 29 heavy (non-hydrogen) atoms. The number of hydrazine groups is 1. The van der Waals surface area contributed by atoms with E-state index >= 15 is 0 Å². The zero-order valence-electron chi connectivity index (χ0n) is 16.0. The van der Waals surface area contributed by atoms with Crippen molar-refractivity contribution in [2.24, 2.45) is 0 Å². The standard InChI is InChI=1S/C19H19N5O4S/c1-11-5-4-6-15(12(11)2)20-17(29)22-23-16(25)19(3,21-18(23)26)13-7-9-14(10-8-13)24(27)28/h4-10H,1-3H3,(H,21,26)(H2,20,22,29)/t19-/m1/s1. The second-order valence-electron chi connectivity index (χ2n) is 6.81. The van der Waals surface area contributed by atoms with Crippen LogP contribution in [0.2, 0.25) is 0 Å². The number of nitro groups is 1. The number of benzene rings is 2. The van der Waals surface area contributed by atoms with Crippen LogP contribution in [0.5, 0.6) is 0 Å². The summed E-state index contributed by atoms with van der Waals surface area (Å²) in [7, 11) is 0. The molecule has 3 amide bonds. The predicted molar refractivity (Wildman–Crippen MR) is 111 cm³/mol. The summed E-state index contributed by atoms with van der Waals surface area (Å²) in [6.45, 7) is 5.42. The monoisotopic (exact) mass is 413 g/mol. The first-order valence-corrected chi connectivity index (χ1v) is 9.10. The zero-order chi connectivity index (χ0) is 21.3. The van der Waals surface area contributed by atoms with Crippen LogP contribution in [0.15, 0.2) is 42.5 Å². The van der Waals surface area contributed by atoms with Gasteiger partial charge in [0.05, 0.1) is 4.92 Å². The van der Waals surface area contributed by atoms with Crippen LogP contribution in [0, 0.1) is 24.0 Å². The van der Waals surface area contributed by atoms with Crippen molar-refractivity contribution >= 4 is 40.6 Å². The van der Waals surface area contributed by atoms with Crippen molar-refractivity contribution < 1.29 is 14.5 Å². The molecule has 1 atom stereocenters. The van der Waals surface area contributed by atoms with Crippen LogP contribution in [0.3, 0.4) is 0 Å². The van der Waals surface area contributed by atoms with Crippen molar-refractivity contribution in [1.29, 1.82) is 0 Å². The minimum absolute atomic E-state index is 0.0788. The van der Waals surface area contributed by atoms with Crippen molar-refractivity contribution in [3.63, 3.8) is 0 Å². The molecular formula is C19H19N5O4S. The minimum atomic E-state index is -1.38. The number of aryl methyl sites for hydroxylation is 1. The van der Waals surface area contributed by atoms with Gasteiger partial charge in [-0.2, -0.15) is 5.01 Å². The number of thiocarbonyl (C=S) groups is 1. The normalized spacial score (nSPS) is 18.4. The van der Waals surface area contributed by atoms with Crippen LogP contribution in [0.25, 0.3) is 0 Å². The molecule has 0 radical (unpaired) electrons. The molecule has 2 aromatic rings. The molecule has 1 saturated heterocycles. The Labute approximate surface area is 172 Å². The number of nitrogens with one attached hydrogen (secondary N) is 3. The smallest absolute Gasteiger partial charge is 0.331 e. The van der Waals surface area contributed by atoms with E-state index in [-0.39, 0.29) is 10.8 Å². The second kappa shape index (κ2) is 7.47. The van der Waals surface area contributed by atoms with Crippen molar-refractivity contribution in [1.82, 2.24) is 15.8 Å². The number of non-ortho nitro benzene ring substituents is 1. The maximum atomic E-state index is 12.9. The Morgan fingerprint density at radius 1 is 1.17 bits per heavy atom. The number of nitrogens with zero attached hydrogens (tertiary/aromatic N) is 2. The molecule has 3 rings (SSSR count). The summed E-state index contributed by atoms with van der Waals surface area (Å²) >= 11 is 5.25. The highest BCUT2D eigenvalue weighted by Gasteiger charge is 2.49. The number of carbonyl (C=O) groups is 2. The van der Waals surface area contributed by atoms with Gasteiger partial charge in [-0.3, -0.25) is 20.3 Å². The van der Waals surface area contributed by atoms with Crippen LogP contribution in [-0.4, -0.2) is 27.0 Å². The lowest BCUT2D eigenvalue weighted by atomic mass is 9.92. The topological polar surface area (TPSA) is 117 Å². The van der Waals surface area contributed by atoms with E-state index in [4.69, 9.17) is 12.2 Å². The summed E-state index contributed by atoms with van der Waals surface area (Å²) in [6.07, 6.45) is 0. The molecule has 10 heteroatoms. The largest absolute Gasteiger partial charge is 0.344 e. The molecule has 0 aromatic heterocycles. The van der Waals surface area contributed by atoms with Crippen molar-refractivity contribution in [2.45, 2.75) is 26.3 Å². The Morgan fingerprint density at radius 3 is 2.45 bits per heavy atom. The molecule has 0 aliphatic carbocycles. The van der Waals surface area contributed by atoms with E-state index in [0.717, 1.165) is 21.8 Å². The summed E-state index contributed by atoms with van der Waals surface area (Å²) in [5, 5.41) is 17.3. The highest BCUT2D eigenvalue weighted by Crippen LogP contribution is 2.29. The molecule has 1 heterocycles. The van der Waals surface area contributed by atoms with E-state index in [1.807, 2.05) is 32.0 Å². The fourth-order valence-electron chi connectivity index (χ4n) is 2.99. The average molecular weight is 413 g/mol. The number of carbonyl (C=O) groups excluding carboxylic acids is 2. The van der Waals surface area contributed by atoms with Gasteiger partial charge in [0.25, 0.3) is 11.6 Å². The minimum Gasteiger partial charge on any atom is -0.331 e. The SMILES string of the molecule is Cc1cccc(NC(=S)NN2C(=O)N[C@](C)(c3ccc([N+](=O)[O-])cc3)C2=O)c1C. The Kier molecular flexibility index (Phi) is 5.21. The summed E-state index contributed by atoms with van der Waals surface area (Å²) in [6, 6.07) is 10.4. The zero-order valence-corrected chi connectivity index (χ0v) is 16.8. The molecule has 1 aliphatic rings. The summed E-state index contributed by atoms with van der Waals surface area (Å²) in [4.78, 5) is 35.6. The Bertz CT molecular complexity index is 1020. The quantitative estimate of drug-likeness (QED) is 0.305. The third-order valence-electron chi connectivity index (χ3n) is 4.91. The number of imide groups is 1. The highest BCUT2D eigenvalue weighted by atomic mass is 32.1. The van der Waals surface area contributed by atoms with Gasteiger partial charge in [0.15, 0.2) is 5.11 Å². The van der Waals surface area contributed by atoms with Crippen LogP contribution in [0.4, 0.5) is 16.2 Å². The van der Waals surface area contributed by atoms with Crippen LogP contribution >= 0.6 is 12.2 Å². The number of hydrogen-bond acceptors (Lipinski definition) is 5. The maximum Gasteiger partial charge on any atom is 0.344 e. The molecular weight excluding hydrogens is 394 g/mol. The number of nitro benzene ring substituents is 1. The Balaban J connectivity index is 1.77. The van der Waals surface area contributed by atoms with Gasteiger partial charge in [0.1, 0.15) is 5.54 Å². The highest BCUT2D eigenvalue weighted by molar-refractivity contribution is 7.80. The van der Waals surface area contributed by atoms with E-state index in [1.54, 1.807) is 0 Å². The molecule has 1 aliphatic heterocycles. The van der Waals surface area contributed by atoms with Crippen LogP contribution in [-0.2, 0) is 10.3 Å². The van der Waals surface area contributed by atoms with Gasteiger partial charge >= 0.3 is 6.03 Å². The van der Waals surface area contributed by atoms with Crippen molar-refractivity contribution in [3.05, 3.63) is 69.3 Å². The predicted octanol–water partition coefficient (Wildman–Crippen LogP) is 2.88. The van der Waals surface area contributed by atoms with Gasteiger partial charge in [-0.25, -0.2) is 4.79 Å². The lowest BCUT2D eigenvalue weighted by molar-refractivity contribution is -0.384. The summed E-state index contributed by atoms with van der Waals surface area (Å²) in [5.41, 5.74) is 4.35.